The minimum Gasteiger partial charge on any atom is -0.354 e. The van der Waals surface area contributed by atoms with Crippen molar-refractivity contribution >= 4 is 5.95 Å². The second kappa shape index (κ2) is 7.18. The summed E-state index contributed by atoms with van der Waals surface area (Å²) < 4.78 is 0. The SMILES string of the molecule is c1ccc(CN2CCC(CNc3ncccn3)CC2)cc1. The molecule has 0 atom stereocenters. The van der Waals surface area contributed by atoms with Gasteiger partial charge in [0, 0.05) is 25.5 Å². The molecule has 0 radical (unpaired) electrons. The number of nitrogens with one attached hydrogen (secondary N) is 1. The molecule has 2 heterocycles. The molecular weight excluding hydrogens is 260 g/mol. The zero-order valence-electron chi connectivity index (χ0n) is 12.3. The molecule has 2 aromatic rings. The van der Waals surface area contributed by atoms with Crippen LogP contribution < -0.4 is 5.32 Å². The molecule has 1 saturated heterocycles. The Hall–Kier alpha value is -1.94. The Balaban J connectivity index is 1.41. The molecule has 0 unspecified atom stereocenters. The Kier molecular flexibility index (Phi) is 4.79. The predicted molar refractivity (Wildman–Crippen MR) is 85.0 cm³/mol. The molecule has 1 N–H and O–H groups in total. The number of nitrogens with zero attached hydrogens (tertiary/aromatic N) is 3. The van der Waals surface area contributed by atoms with Crippen molar-refractivity contribution in [2.45, 2.75) is 19.4 Å². The fraction of sp³-hybridized carbons (Fsp3) is 0.412. The van der Waals surface area contributed by atoms with Crippen LogP contribution in [0.5, 0.6) is 0 Å². The Morgan fingerprint density at radius 1 is 1.00 bits per heavy atom. The lowest BCUT2D eigenvalue weighted by molar-refractivity contribution is 0.182. The van der Waals surface area contributed by atoms with Crippen molar-refractivity contribution in [3.63, 3.8) is 0 Å². The summed E-state index contributed by atoms with van der Waals surface area (Å²) in [7, 11) is 0. The van der Waals surface area contributed by atoms with Gasteiger partial charge in [0.15, 0.2) is 0 Å². The van der Waals surface area contributed by atoms with Gasteiger partial charge in [0.25, 0.3) is 0 Å². The van der Waals surface area contributed by atoms with Gasteiger partial charge in [-0.1, -0.05) is 30.3 Å². The molecule has 4 heteroatoms. The van der Waals surface area contributed by atoms with Crippen molar-refractivity contribution in [3.8, 4) is 0 Å². The van der Waals surface area contributed by atoms with Gasteiger partial charge in [0.1, 0.15) is 0 Å². The number of likely N-dealkylation sites (tertiary alicyclic amines) is 1. The normalized spacial score (nSPS) is 16.8. The highest BCUT2D eigenvalue weighted by molar-refractivity contribution is 5.22. The highest BCUT2D eigenvalue weighted by atomic mass is 15.1. The highest BCUT2D eigenvalue weighted by Crippen LogP contribution is 2.19. The molecule has 1 aliphatic heterocycles. The number of hydrogen-bond acceptors (Lipinski definition) is 4. The van der Waals surface area contributed by atoms with Gasteiger partial charge >= 0.3 is 0 Å². The number of anilines is 1. The summed E-state index contributed by atoms with van der Waals surface area (Å²) in [5.41, 5.74) is 1.41. The van der Waals surface area contributed by atoms with E-state index in [4.69, 9.17) is 0 Å². The summed E-state index contributed by atoms with van der Waals surface area (Å²) in [6, 6.07) is 12.6. The number of benzene rings is 1. The van der Waals surface area contributed by atoms with Gasteiger partial charge in [-0.3, -0.25) is 4.90 Å². The molecule has 1 aromatic heterocycles. The zero-order valence-corrected chi connectivity index (χ0v) is 12.3. The Morgan fingerprint density at radius 2 is 1.71 bits per heavy atom. The average molecular weight is 282 g/mol. The summed E-state index contributed by atoms with van der Waals surface area (Å²) in [5, 5.41) is 3.34. The topological polar surface area (TPSA) is 41.0 Å². The van der Waals surface area contributed by atoms with Crippen LogP contribution in [0.25, 0.3) is 0 Å². The lowest BCUT2D eigenvalue weighted by Crippen LogP contribution is -2.35. The van der Waals surface area contributed by atoms with Crippen molar-refractivity contribution in [1.82, 2.24) is 14.9 Å². The summed E-state index contributed by atoms with van der Waals surface area (Å²) in [4.78, 5) is 10.9. The Labute approximate surface area is 126 Å². The first kappa shape index (κ1) is 14.0. The summed E-state index contributed by atoms with van der Waals surface area (Å²) in [5.74, 6) is 1.46. The predicted octanol–water partition coefficient (Wildman–Crippen LogP) is 2.80. The van der Waals surface area contributed by atoms with Crippen LogP contribution in [0, 0.1) is 5.92 Å². The molecule has 4 nitrogen and oxygen atoms in total. The van der Waals surface area contributed by atoms with Crippen LogP contribution in [0.1, 0.15) is 18.4 Å². The van der Waals surface area contributed by atoms with Crippen LogP contribution in [0.3, 0.4) is 0 Å². The summed E-state index contributed by atoms with van der Waals surface area (Å²) >= 11 is 0. The molecule has 1 fully saturated rings. The quantitative estimate of drug-likeness (QED) is 0.915. The summed E-state index contributed by atoms with van der Waals surface area (Å²) in [6.07, 6.45) is 6.04. The molecule has 1 aromatic carbocycles. The van der Waals surface area contributed by atoms with Crippen LogP contribution in [-0.2, 0) is 6.54 Å². The number of hydrogen-bond donors (Lipinski definition) is 1. The summed E-state index contributed by atoms with van der Waals surface area (Å²) in [6.45, 7) is 4.40. The number of aromatic nitrogens is 2. The van der Waals surface area contributed by atoms with Crippen LogP contribution in [0.15, 0.2) is 48.8 Å². The maximum absolute atomic E-state index is 4.20. The highest BCUT2D eigenvalue weighted by Gasteiger charge is 2.19. The van der Waals surface area contributed by atoms with Gasteiger partial charge in [-0.25, -0.2) is 9.97 Å². The van der Waals surface area contributed by atoms with E-state index >= 15 is 0 Å². The van der Waals surface area contributed by atoms with E-state index in [2.05, 4.69) is 50.5 Å². The third-order valence-electron chi connectivity index (χ3n) is 4.07. The Morgan fingerprint density at radius 3 is 2.43 bits per heavy atom. The van der Waals surface area contributed by atoms with Crippen molar-refractivity contribution < 1.29 is 0 Å². The monoisotopic (exact) mass is 282 g/mol. The minimum atomic E-state index is 0.723. The fourth-order valence-electron chi connectivity index (χ4n) is 2.82. The second-order valence-electron chi connectivity index (χ2n) is 5.66. The van der Waals surface area contributed by atoms with E-state index in [-0.39, 0.29) is 0 Å². The third kappa shape index (κ3) is 4.26. The van der Waals surface area contributed by atoms with Crippen molar-refractivity contribution in [2.24, 2.45) is 5.92 Å². The maximum Gasteiger partial charge on any atom is 0.222 e. The minimum absolute atomic E-state index is 0.723. The van der Waals surface area contributed by atoms with E-state index in [0.717, 1.165) is 25.0 Å². The molecule has 110 valence electrons. The average Bonchev–Trinajstić information content (AvgIpc) is 2.56. The largest absolute Gasteiger partial charge is 0.354 e. The van der Waals surface area contributed by atoms with E-state index in [9.17, 15) is 0 Å². The lowest BCUT2D eigenvalue weighted by atomic mass is 9.96. The molecule has 0 amide bonds. The van der Waals surface area contributed by atoms with Gasteiger partial charge in [-0.2, -0.15) is 0 Å². The van der Waals surface area contributed by atoms with Crippen LogP contribution in [0.2, 0.25) is 0 Å². The molecular formula is C17H22N4. The molecule has 1 aliphatic rings. The van der Waals surface area contributed by atoms with E-state index in [1.54, 1.807) is 12.4 Å². The van der Waals surface area contributed by atoms with Crippen LogP contribution in [-0.4, -0.2) is 34.5 Å². The van der Waals surface area contributed by atoms with Crippen molar-refractivity contribution in [3.05, 3.63) is 54.4 Å². The molecule has 0 saturated carbocycles. The molecule has 0 spiro atoms. The first-order chi connectivity index (χ1) is 10.4. The first-order valence-corrected chi connectivity index (χ1v) is 7.67. The van der Waals surface area contributed by atoms with Crippen molar-refractivity contribution in [2.75, 3.05) is 25.0 Å². The van der Waals surface area contributed by atoms with Crippen LogP contribution >= 0.6 is 0 Å². The smallest absolute Gasteiger partial charge is 0.222 e. The van der Waals surface area contributed by atoms with Gasteiger partial charge in [0.2, 0.25) is 5.95 Å². The second-order valence-corrected chi connectivity index (χ2v) is 5.66. The Bertz CT molecular complexity index is 521. The standard InChI is InChI=1S/C17H22N4/c1-2-5-16(6-3-1)14-21-11-7-15(8-12-21)13-20-17-18-9-4-10-19-17/h1-6,9-10,15H,7-8,11-14H2,(H,18,19,20). The van der Waals surface area contributed by atoms with Gasteiger partial charge < -0.3 is 5.32 Å². The van der Waals surface area contributed by atoms with E-state index < -0.39 is 0 Å². The number of rotatable bonds is 5. The third-order valence-corrected chi connectivity index (χ3v) is 4.07. The first-order valence-electron chi connectivity index (χ1n) is 7.67. The molecule has 21 heavy (non-hydrogen) atoms. The number of piperidine rings is 1. The van der Waals surface area contributed by atoms with Gasteiger partial charge in [-0.15, -0.1) is 0 Å². The lowest BCUT2D eigenvalue weighted by Gasteiger charge is -2.32. The molecule has 0 bridgehead atoms. The van der Waals surface area contributed by atoms with E-state index in [0.29, 0.717) is 0 Å². The molecule has 3 rings (SSSR count). The zero-order chi connectivity index (χ0) is 14.3. The maximum atomic E-state index is 4.20. The van der Waals surface area contributed by atoms with Gasteiger partial charge in [-0.05, 0) is 43.5 Å². The molecule has 0 aliphatic carbocycles. The fourth-order valence-corrected chi connectivity index (χ4v) is 2.82. The van der Waals surface area contributed by atoms with Gasteiger partial charge in [0.05, 0.1) is 0 Å². The van der Waals surface area contributed by atoms with Crippen molar-refractivity contribution in [1.29, 1.82) is 0 Å². The van der Waals surface area contributed by atoms with Crippen LogP contribution in [0.4, 0.5) is 5.95 Å². The van der Waals surface area contributed by atoms with E-state index in [1.807, 2.05) is 6.07 Å². The van der Waals surface area contributed by atoms with E-state index in [1.165, 1.54) is 31.5 Å².